The Hall–Kier alpha value is -1.14. The molecule has 0 unspecified atom stereocenters. The Morgan fingerprint density at radius 2 is 2.44 bits per heavy atom. The molecule has 4 nitrogen and oxygen atoms in total. The van der Waals surface area contributed by atoms with Crippen molar-refractivity contribution in [1.82, 2.24) is 5.32 Å². The molecule has 0 saturated carbocycles. The zero-order valence-corrected chi connectivity index (χ0v) is 10.6. The summed E-state index contributed by atoms with van der Waals surface area (Å²) in [5.41, 5.74) is 5.35. The lowest BCUT2D eigenvalue weighted by Crippen LogP contribution is -2.24. The number of methoxy groups -OCH3 is 1. The number of carbonyl (C=O) groups excluding carboxylic acids is 1. The van der Waals surface area contributed by atoms with Crippen LogP contribution in [0.15, 0.2) is 11.4 Å². The van der Waals surface area contributed by atoms with Gasteiger partial charge in [-0.2, -0.15) is 0 Å². The van der Waals surface area contributed by atoms with Crippen LogP contribution in [0.3, 0.4) is 0 Å². The topological polar surface area (TPSA) is 64.3 Å². The van der Waals surface area contributed by atoms with Crippen molar-refractivity contribution in [3.8, 4) is 5.75 Å². The van der Waals surface area contributed by atoms with Crippen LogP contribution >= 0.6 is 23.6 Å². The third-order valence-corrected chi connectivity index (χ3v) is 3.04. The highest BCUT2D eigenvalue weighted by Crippen LogP contribution is 2.23. The van der Waals surface area contributed by atoms with Crippen LogP contribution < -0.4 is 15.8 Å². The van der Waals surface area contributed by atoms with Gasteiger partial charge >= 0.3 is 0 Å². The predicted molar refractivity (Wildman–Crippen MR) is 69.2 cm³/mol. The summed E-state index contributed by atoms with van der Waals surface area (Å²) in [7, 11) is 1.55. The molecule has 3 N–H and O–H groups in total. The molecule has 0 radical (unpaired) electrons. The zero-order chi connectivity index (χ0) is 12.0. The Bertz CT molecular complexity index is 377. The summed E-state index contributed by atoms with van der Waals surface area (Å²) in [5.74, 6) is 0.492. The lowest BCUT2D eigenvalue weighted by molar-refractivity contribution is 0.0955. The second-order valence-electron chi connectivity index (χ2n) is 3.14. The summed E-state index contributed by atoms with van der Waals surface area (Å²) in [6, 6.07) is 1.77. The van der Waals surface area contributed by atoms with Crippen molar-refractivity contribution in [2.75, 3.05) is 13.7 Å². The molecule has 0 atom stereocenters. The third kappa shape index (κ3) is 3.79. The maximum atomic E-state index is 11.7. The Balaban J connectivity index is 2.38. The number of thiocarbonyl (C=S) groups is 1. The van der Waals surface area contributed by atoms with E-state index in [0.717, 1.165) is 6.42 Å². The lowest BCUT2D eigenvalue weighted by atomic mass is 10.3. The SMILES string of the molecule is COc1ccsc1C(=O)NCCCC(N)=S. The van der Waals surface area contributed by atoms with E-state index < -0.39 is 0 Å². The van der Waals surface area contributed by atoms with E-state index in [2.05, 4.69) is 5.32 Å². The first-order valence-corrected chi connectivity index (χ1v) is 6.12. The number of rotatable bonds is 6. The number of thiophene rings is 1. The van der Waals surface area contributed by atoms with Crippen LogP contribution in [0.25, 0.3) is 0 Å². The van der Waals surface area contributed by atoms with E-state index in [1.165, 1.54) is 11.3 Å². The number of nitrogens with two attached hydrogens (primary N) is 1. The first-order chi connectivity index (χ1) is 7.65. The first kappa shape index (κ1) is 12.9. The van der Waals surface area contributed by atoms with E-state index in [9.17, 15) is 4.79 Å². The van der Waals surface area contributed by atoms with Crippen molar-refractivity contribution >= 4 is 34.5 Å². The Kier molecular flexibility index (Phi) is 5.21. The summed E-state index contributed by atoms with van der Waals surface area (Å²) in [4.78, 5) is 12.8. The summed E-state index contributed by atoms with van der Waals surface area (Å²) in [6.45, 7) is 0.567. The van der Waals surface area contributed by atoms with Crippen LogP contribution in [-0.2, 0) is 0 Å². The van der Waals surface area contributed by atoms with Gasteiger partial charge in [-0.05, 0) is 24.3 Å². The number of ether oxygens (including phenoxy) is 1. The Morgan fingerprint density at radius 3 is 3.06 bits per heavy atom. The second kappa shape index (κ2) is 6.44. The van der Waals surface area contributed by atoms with Gasteiger partial charge < -0.3 is 15.8 Å². The number of hydrogen-bond donors (Lipinski definition) is 2. The van der Waals surface area contributed by atoms with Crippen molar-refractivity contribution in [1.29, 1.82) is 0 Å². The Morgan fingerprint density at radius 1 is 1.69 bits per heavy atom. The standard InChI is InChI=1S/C10H14N2O2S2/c1-14-7-4-6-16-9(7)10(13)12-5-2-3-8(11)15/h4,6H,2-3,5H2,1H3,(H2,11,15)(H,12,13). The van der Waals surface area contributed by atoms with Gasteiger partial charge in [-0.3, -0.25) is 4.79 Å². The van der Waals surface area contributed by atoms with Crippen molar-refractivity contribution in [2.24, 2.45) is 5.73 Å². The molecule has 0 aliphatic carbocycles. The quantitative estimate of drug-likeness (QED) is 0.600. The number of nitrogens with one attached hydrogen (secondary N) is 1. The molecular formula is C10H14N2O2S2. The van der Waals surface area contributed by atoms with Gasteiger partial charge in [-0.1, -0.05) is 12.2 Å². The number of hydrogen-bond acceptors (Lipinski definition) is 4. The van der Waals surface area contributed by atoms with Gasteiger partial charge in [0.05, 0.1) is 12.1 Å². The van der Waals surface area contributed by atoms with Crippen molar-refractivity contribution in [3.05, 3.63) is 16.3 Å². The molecule has 1 amide bonds. The maximum absolute atomic E-state index is 11.7. The zero-order valence-electron chi connectivity index (χ0n) is 8.99. The van der Waals surface area contributed by atoms with Gasteiger partial charge in [0.2, 0.25) is 0 Å². The highest BCUT2D eigenvalue weighted by atomic mass is 32.1. The molecule has 0 aliphatic rings. The van der Waals surface area contributed by atoms with Crippen LogP contribution in [0.1, 0.15) is 22.5 Å². The minimum absolute atomic E-state index is 0.116. The largest absolute Gasteiger partial charge is 0.495 e. The van der Waals surface area contributed by atoms with Crippen LogP contribution in [0.4, 0.5) is 0 Å². The van der Waals surface area contributed by atoms with Gasteiger partial charge in [0.15, 0.2) is 0 Å². The highest BCUT2D eigenvalue weighted by molar-refractivity contribution is 7.80. The molecule has 1 heterocycles. The fraction of sp³-hybridized carbons (Fsp3) is 0.400. The predicted octanol–water partition coefficient (Wildman–Crippen LogP) is 1.55. The van der Waals surface area contributed by atoms with E-state index in [0.29, 0.717) is 28.6 Å². The minimum atomic E-state index is -0.116. The van der Waals surface area contributed by atoms with Crippen LogP contribution in [-0.4, -0.2) is 24.6 Å². The van der Waals surface area contributed by atoms with Gasteiger partial charge in [-0.15, -0.1) is 11.3 Å². The molecule has 1 aromatic heterocycles. The molecule has 6 heteroatoms. The monoisotopic (exact) mass is 258 g/mol. The first-order valence-electron chi connectivity index (χ1n) is 4.83. The van der Waals surface area contributed by atoms with E-state index in [4.69, 9.17) is 22.7 Å². The molecular weight excluding hydrogens is 244 g/mol. The van der Waals surface area contributed by atoms with Gasteiger partial charge in [0.25, 0.3) is 5.91 Å². The van der Waals surface area contributed by atoms with Gasteiger partial charge in [0.1, 0.15) is 10.6 Å². The molecule has 88 valence electrons. The average molecular weight is 258 g/mol. The third-order valence-electron chi connectivity index (χ3n) is 1.94. The summed E-state index contributed by atoms with van der Waals surface area (Å²) in [6.07, 6.45) is 1.41. The van der Waals surface area contributed by atoms with Crippen LogP contribution in [0, 0.1) is 0 Å². The van der Waals surface area contributed by atoms with Crippen molar-refractivity contribution in [3.63, 3.8) is 0 Å². The highest BCUT2D eigenvalue weighted by Gasteiger charge is 2.12. The summed E-state index contributed by atoms with van der Waals surface area (Å²) >= 11 is 6.10. The molecule has 0 aromatic carbocycles. The Labute approximate surface area is 104 Å². The van der Waals surface area contributed by atoms with Gasteiger partial charge in [-0.25, -0.2) is 0 Å². The smallest absolute Gasteiger partial charge is 0.265 e. The summed E-state index contributed by atoms with van der Waals surface area (Å²) in [5, 5.41) is 4.61. The van der Waals surface area contributed by atoms with Crippen LogP contribution in [0.2, 0.25) is 0 Å². The molecule has 0 saturated heterocycles. The van der Waals surface area contributed by atoms with E-state index in [1.54, 1.807) is 13.2 Å². The number of carbonyl (C=O) groups is 1. The fourth-order valence-corrected chi connectivity index (χ4v) is 2.09. The lowest BCUT2D eigenvalue weighted by Gasteiger charge is -2.04. The second-order valence-corrected chi connectivity index (χ2v) is 4.58. The fourth-order valence-electron chi connectivity index (χ4n) is 1.17. The van der Waals surface area contributed by atoms with E-state index >= 15 is 0 Å². The maximum Gasteiger partial charge on any atom is 0.265 e. The molecule has 16 heavy (non-hydrogen) atoms. The normalized spacial score (nSPS) is 9.81. The molecule has 0 aliphatic heterocycles. The molecule has 0 fully saturated rings. The van der Waals surface area contributed by atoms with Crippen LogP contribution in [0.5, 0.6) is 5.75 Å². The molecule has 0 spiro atoms. The van der Waals surface area contributed by atoms with Crippen molar-refractivity contribution < 1.29 is 9.53 Å². The molecule has 1 aromatic rings. The minimum Gasteiger partial charge on any atom is -0.495 e. The average Bonchev–Trinajstić information content (AvgIpc) is 2.71. The van der Waals surface area contributed by atoms with Crippen molar-refractivity contribution in [2.45, 2.75) is 12.8 Å². The number of amides is 1. The van der Waals surface area contributed by atoms with E-state index in [-0.39, 0.29) is 5.91 Å². The van der Waals surface area contributed by atoms with E-state index in [1.807, 2.05) is 5.38 Å². The molecule has 0 bridgehead atoms. The summed E-state index contributed by atoms with van der Waals surface area (Å²) < 4.78 is 5.06. The van der Waals surface area contributed by atoms with Gasteiger partial charge in [0, 0.05) is 6.54 Å². The molecule has 1 rings (SSSR count).